The number of methoxy groups -OCH3 is 1. The molecule has 0 spiro atoms. The van der Waals surface area contributed by atoms with Gasteiger partial charge in [0.2, 0.25) is 0 Å². The average molecular weight is 519 g/mol. The third-order valence-corrected chi connectivity index (χ3v) is 6.87. The van der Waals surface area contributed by atoms with Gasteiger partial charge in [-0.25, -0.2) is 0 Å². The highest BCUT2D eigenvalue weighted by Gasteiger charge is 2.42. The summed E-state index contributed by atoms with van der Waals surface area (Å²) >= 11 is 12.5. The molecule has 8 heteroatoms. The fraction of sp³-hybridized carbons (Fsp3) is 0.214. The third kappa shape index (κ3) is 4.69. The summed E-state index contributed by atoms with van der Waals surface area (Å²) in [6, 6.07) is 26.0. The lowest BCUT2D eigenvalue weighted by molar-refractivity contribution is 0.146. The van der Waals surface area contributed by atoms with Gasteiger partial charge in [-0.1, -0.05) is 35.9 Å². The molecule has 1 N–H and O–H groups in total. The summed E-state index contributed by atoms with van der Waals surface area (Å²) in [5, 5.41) is 4.65. The number of hydrogen-bond acceptors (Lipinski definition) is 4. The van der Waals surface area contributed by atoms with Gasteiger partial charge >= 0.3 is 0 Å². The molecule has 2 atom stereocenters. The Balaban J connectivity index is 1.61. The summed E-state index contributed by atoms with van der Waals surface area (Å²) in [7, 11) is 1.64. The number of anilines is 1. The lowest BCUT2D eigenvalue weighted by Crippen LogP contribution is -2.30. The first kappa shape index (κ1) is 24.3. The highest BCUT2D eigenvalue weighted by Crippen LogP contribution is 2.44. The summed E-state index contributed by atoms with van der Waals surface area (Å²) in [5.41, 5.74) is 5.11. The van der Waals surface area contributed by atoms with Crippen molar-refractivity contribution in [3.8, 4) is 11.4 Å². The van der Waals surface area contributed by atoms with E-state index in [4.69, 9.17) is 33.3 Å². The van der Waals surface area contributed by atoms with Gasteiger partial charge in [0.15, 0.2) is 5.11 Å². The molecule has 0 saturated carbocycles. The summed E-state index contributed by atoms with van der Waals surface area (Å²) < 4.78 is 13.1. The van der Waals surface area contributed by atoms with Crippen LogP contribution in [-0.4, -0.2) is 35.0 Å². The van der Waals surface area contributed by atoms with Gasteiger partial charge < -0.3 is 24.3 Å². The van der Waals surface area contributed by atoms with Crippen LogP contribution in [0.4, 0.5) is 5.69 Å². The lowest BCUT2D eigenvalue weighted by Gasteiger charge is -2.29. The molecule has 5 rings (SSSR count). The van der Waals surface area contributed by atoms with Crippen LogP contribution in [0.2, 0.25) is 5.02 Å². The van der Waals surface area contributed by atoms with Gasteiger partial charge in [0, 0.05) is 36.1 Å². The summed E-state index contributed by atoms with van der Waals surface area (Å²) in [4.78, 5) is 6.78. The first-order valence-corrected chi connectivity index (χ1v) is 12.5. The van der Waals surface area contributed by atoms with Crippen molar-refractivity contribution >= 4 is 34.6 Å². The molecule has 1 saturated heterocycles. The van der Waals surface area contributed by atoms with Crippen LogP contribution in [0, 0.1) is 6.92 Å². The molecule has 36 heavy (non-hydrogen) atoms. The second-order valence-electron chi connectivity index (χ2n) is 8.52. The van der Waals surface area contributed by atoms with Crippen LogP contribution < -0.4 is 15.0 Å². The minimum absolute atomic E-state index is 0.160. The first-order chi connectivity index (χ1) is 17.6. The summed E-state index contributed by atoms with van der Waals surface area (Å²) in [5.74, 6) is 0.608. The standard InChI is InChI=1S/C28H27ClN4O2S/c1-19-11-13-24(32(19)20-8-4-3-5-9-20)27-26(23-10-6-7-15-30-23)31-28(36)33(27)21-12-14-25(22(29)18-21)35-17-16-34-2/h3-15,18,26-27H,16-17H2,1-2H3,(H,31,36)/t26-,27-/m0/s1. The molecular formula is C28H27ClN4O2S. The van der Waals surface area contributed by atoms with Gasteiger partial charge in [0.25, 0.3) is 0 Å². The van der Waals surface area contributed by atoms with Gasteiger partial charge in [-0.05, 0) is 73.7 Å². The molecule has 1 aliphatic heterocycles. The zero-order chi connectivity index (χ0) is 25.1. The minimum Gasteiger partial charge on any atom is -0.490 e. The van der Waals surface area contributed by atoms with Crippen molar-refractivity contribution in [2.75, 3.05) is 25.2 Å². The fourth-order valence-electron chi connectivity index (χ4n) is 4.64. The molecule has 184 valence electrons. The number of ether oxygens (including phenoxy) is 2. The molecule has 1 fully saturated rings. The van der Waals surface area contributed by atoms with Crippen molar-refractivity contribution in [3.05, 3.63) is 107 Å². The van der Waals surface area contributed by atoms with Crippen LogP contribution in [0.3, 0.4) is 0 Å². The second kappa shape index (κ2) is 10.7. The van der Waals surface area contributed by atoms with Crippen LogP contribution in [0.1, 0.15) is 29.2 Å². The quantitative estimate of drug-likeness (QED) is 0.227. The van der Waals surface area contributed by atoms with E-state index in [1.807, 2.05) is 60.8 Å². The SMILES string of the molecule is COCCOc1ccc(N2C(=S)N[C@@H](c3ccccn3)[C@@H]2c2ccc(C)n2-c2ccccc2)cc1Cl. The Bertz CT molecular complexity index is 1350. The van der Waals surface area contributed by atoms with Crippen molar-refractivity contribution in [3.63, 3.8) is 0 Å². The topological polar surface area (TPSA) is 51.6 Å². The Labute approximate surface area is 221 Å². The maximum absolute atomic E-state index is 6.64. The number of nitrogens with one attached hydrogen (secondary N) is 1. The molecule has 2 aromatic heterocycles. The first-order valence-electron chi connectivity index (χ1n) is 11.7. The normalized spacial score (nSPS) is 17.3. The van der Waals surface area contributed by atoms with Gasteiger partial charge in [-0.15, -0.1) is 0 Å². The van der Waals surface area contributed by atoms with Gasteiger partial charge in [-0.2, -0.15) is 0 Å². The number of thiocarbonyl (C=S) groups is 1. The average Bonchev–Trinajstić information content (AvgIpc) is 3.45. The number of rotatable bonds is 8. The maximum Gasteiger partial charge on any atom is 0.174 e. The zero-order valence-electron chi connectivity index (χ0n) is 20.1. The fourth-order valence-corrected chi connectivity index (χ4v) is 5.22. The molecule has 3 heterocycles. The Hall–Kier alpha value is -3.39. The van der Waals surface area contributed by atoms with Gasteiger partial charge in [0.1, 0.15) is 18.4 Å². The van der Waals surface area contributed by atoms with E-state index >= 15 is 0 Å². The van der Waals surface area contributed by atoms with Crippen molar-refractivity contribution in [1.29, 1.82) is 0 Å². The smallest absolute Gasteiger partial charge is 0.174 e. The van der Waals surface area contributed by atoms with E-state index in [1.54, 1.807) is 7.11 Å². The molecule has 0 bridgehead atoms. The Morgan fingerprint density at radius 2 is 1.78 bits per heavy atom. The number of nitrogens with zero attached hydrogens (tertiary/aromatic N) is 3. The Morgan fingerprint density at radius 1 is 0.972 bits per heavy atom. The van der Waals surface area contributed by atoms with E-state index in [0.29, 0.717) is 29.1 Å². The molecule has 6 nitrogen and oxygen atoms in total. The Morgan fingerprint density at radius 3 is 2.50 bits per heavy atom. The van der Waals surface area contributed by atoms with E-state index in [2.05, 4.69) is 51.0 Å². The number of aromatic nitrogens is 2. The molecule has 0 unspecified atom stereocenters. The minimum atomic E-state index is -0.169. The van der Waals surface area contributed by atoms with Gasteiger partial charge in [-0.3, -0.25) is 4.98 Å². The van der Waals surface area contributed by atoms with Crippen molar-refractivity contribution in [2.24, 2.45) is 0 Å². The van der Waals surface area contributed by atoms with E-state index in [1.165, 1.54) is 0 Å². The predicted octanol–water partition coefficient (Wildman–Crippen LogP) is 6.04. The predicted molar refractivity (Wildman–Crippen MR) is 147 cm³/mol. The van der Waals surface area contributed by atoms with Crippen molar-refractivity contribution in [1.82, 2.24) is 14.9 Å². The zero-order valence-corrected chi connectivity index (χ0v) is 21.7. The molecule has 4 aromatic rings. The van der Waals surface area contributed by atoms with E-state index in [-0.39, 0.29) is 12.1 Å². The largest absolute Gasteiger partial charge is 0.490 e. The van der Waals surface area contributed by atoms with E-state index in [9.17, 15) is 0 Å². The summed E-state index contributed by atoms with van der Waals surface area (Å²) in [6.45, 7) is 3.02. The van der Waals surface area contributed by atoms with Crippen LogP contribution in [0.15, 0.2) is 85.1 Å². The molecular weight excluding hydrogens is 492 g/mol. The molecule has 0 aliphatic carbocycles. The number of hydrogen-bond donors (Lipinski definition) is 1. The molecule has 2 aromatic carbocycles. The third-order valence-electron chi connectivity index (χ3n) is 6.26. The number of benzene rings is 2. The van der Waals surface area contributed by atoms with Gasteiger partial charge in [0.05, 0.1) is 23.4 Å². The molecule has 1 aliphatic rings. The maximum atomic E-state index is 6.64. The highest BCUT2D eigenvalue weighted by molar-refractivity contribution is 7.80. The number of halogens is 1. The lowest BCUT2D eigenvalue weighted by atomic mass is 10.0. The van der Waals surface area contributed by atoms with Crippen LogP contribution >= 0.6 is 23.8 Å². The summed E-state index contributed by atoms with van der Waals surface area (Å²) in [6.07, 6.45) is 1.81. The Kier molecular flexibility index (Phi) is 7.23. The number of aryl methyl sites for hydroxylation is 1. The van der Waals surface area contributed by atoms with E-state index in [0.717, 1.165) is 28.5 Å². The van der Waals surface area contributed by atoms with Crippen molar-refractivity contribution in [2.45, 2.75) is 19.0 Å². The second-order valence-corrected chi connectivity index (χ2v) is 9.32. The van der Waals surface area contributed by atoms with Crippen molar-refractivity contribution < 1.29 is 9.47 Å². The van der Waals surface area contributed by atoms with Crippen LogP contribution in [0.25, 0.3) is 5.69 Å². The van der Waals surface area contributed by atoms with E-state index < -0.39 is 0 Å². The molecule has 0 amide bonds. The number of para-hydroxylation sites is 1. The highest BCUT2D eigenvalue weighted by atomic mass is 35.5. The van der Waals surface area contributed by atoms with Crippen LogP contribution in [0.5, 0.6) is 5.75 Å². The number of pyridine rings is 1. The van der Waals surface area contributed by atoms with Crippen LogP contribution in [-0.2, 0) is 4.74 Å². The molecule has 0 radical (unpaired) electrons. The monoisotopic (exact) mass is 518 g/mol.